The van der Waals surface area contributed by atoms with Crippen LogP contribution in [-0.2, 0) is 4.74 Å². The van der Waals surface area contributed by atoms with Crippen molar-refractivity contribution in [2.75, 3.05) is 51.1 Å². The van der Waals surface area contributed by atoms with E-state index in [1.165, 1.54) is 6.42 Å². The molecule has 2 aliphatic rings. The van der Waals surface area contributed by atoms with E-state index in [1.807, 2.05) is 13.8 Å². The number of ether oxygens (including phenoxy) is 3. The van der Waals surface area contributed by atoms with E-state index in [0.29, 0.717) is 41.6 Å². The lowest BCUT2D eigenvalue weighted by molar-refractivity contribution is -0.0115. The number of fused-ring (bicyclic) bond motifs is 1. The average molecular weight is 682 g/mol. The molecule has 4 atom stereocenters. The molecule has 4 rings (SSSR count). The van der Waals surface area contributed by atoms with Crippen molar-refractivity contribution in [2.24, 2.45) is 5.92 Å². The Morgan fingerprint density at radius 2 is 1.69 bits per heavy atom. The van der Waals surface area contributed by atoms with Gasteiger partial charge in [-0.05, 0) is 88.4 Å². The number of nitrogens with one attached hydrogen (secondary N) is 3. The van der Waals surface area contributed by atoms with E-state index in [0.717, 1.165) is 44.9 Å². The minimum Gasteiger partial charge on any atom is -0.497 e. The molecule has 12 nitrogen and oxygen atoms in total. The largest absolute Gasteiger partial charge is 0.497 e. The Bertz CT molecular complexity index is 1370. The average Bonchev–Trinajstić information content (AvgIpc) is 3.10. The van der Waals surface area contributed by atoms with Crippen LogP contribution < -0.4 is 25.4 Å². The molecule has 2 aromatic rings. The van der Waals surface area contributed by atoms with Gasteiger partial charge in [-0.25, -0.2) is 9.59 Å². The number of anilines is 2. The van der Waals surface area contributed by atoms with Crippen molar-refractivity contribution in [3.05, 3.63) is 48.0 Å². The second-order valence-corrected chi connectivity index (χ2v) is 13.5. The molecule has 0 saturated heterocycles. The summed E-state index contributed by atoms with van der Waals surface area (Å²) in [6.07, 6.45) is 7.17. The topological polar surface area (TPSA) is 142 Å². The molecule has 0 radical (unpaired) electrons. The zero-order valence-corrected chi connectivity index (χ0v) is 29.7. The van der Waals surface area contributed by atoms with E-state index in [9.17, 15) is 19.5 Å². The lowest BCUT2D eigenvalue weighted by Gasteiger charge is -2.35. The summed E-state index contributed by atoms with van der Waals surface area (Å²) in [5.74, 6) is 0.593. The van der Waals surface area contributed by atoms with Crippen LogP contribution in [0.15, 0.2) is 42.5 Å². The summed E-state index contributed by atoms with van der Waals surface area (Å²) >= 11 is 0. The highest BCUT2D eigenvalue weighted by Gasteiger charge is 2.31. The standard InChI is InChI=1S/C37H55N5O7/c1-25-22-42(26(2)24-43)35(44)32-21-30(39-36(45)38-28-12-7-6-8-13-28)16-19-33(32)49-27(3)11-9-10-20-48-34(25)23-41(4)37(46)40-29-14-17-31(47-5)18-15-29/h14-19,21,25-28,34,43H,6-13,20,22-24H2,1-5H3,(H,40,46)(H2,38,39,45)/t25-,26-,27-,34+/m1/s1. The summed E-state index contributed by atoms with van der Waals surface area (Å²) in [5.41, 5.74) is 1.43. The third-order valence-electron chi connectivity index (χ3n) is 9.39. The number of amides is 5. The number of likely N-dealkylation sites (N-methyl/N-ethyl adjacent to an activating group) is 1. The van der Waals surface area contributed by atoms with Crippen molar-refractivity contribution in [2.45, 2.75) is 96.4 Å². The van der Waals surface area contributed by atoms with Gasteiger partial charge in [-0.3, -0.25) is 4.79 Å². The molecule has 1 aliphatic heterocycles. The fourth-order valence-corrected chi connectivity index (χ4v) is 6.31. The number of benzene rings is 2. The number of hydrogen-bond donors (Lipinski definition) is 4. The molecule has 1 saturated carbocycles. The van der Waals surface area contributed by atoms with Crippen molar-refractivity contribution in [3.8, 4) is 11.5 Å². The first-order chi connectivity index (χ1) is 23.6. The van der Waals surface area contributed by atoms with Gasteiger partial charge in [-0.15, -0.1) is 0 Å². The summed E-state index contributed by atoms with van der Waals surface area (Å²) in [4.78, 5) is 43.6. The van der Waals surface area contributed by atoms with Gasteiger partial charge in [-0.1, -0.05) is 26.2 Å². The molecule has 5 amide bonds. The Balaban J connectivity index is 1.54. The van der Waals surface area contributed by atoms with Crippen molar-refractivity contribution < 1.29 is 33.7 Å². The number of urea groups is 2. The van der Waals surface area contributed by atoms with Gasteiger partial charge in [0.25, 0.3) is 5.91 Å². The predicted molar refractivity (Wildman–Crippen MR) is 191 cm³/mol. The Kier molecular flexibility index (Phi) is 14.4. The van der Waals surface area contributed by atoms with Crippen molar-refractivity contribution >= 4 is 29.3 Å². The van der Waals surface area contributed by atoms with Gasteiger partial charge in [0.2, 0.25) is 0 Å². The molecule has 1 fully saturated rings. The second-order valence-electron chi connectivity index (χ2n) is 13.5. The zero-order chi connectivity index (χ0) is 35.3. The first-order valence-electron chi connectivity index (χ1n) is 17.7. The Morgan fingerprint density at radius 1 is 1.00 bits per heavy atom. The number of carbonyl (C=O) groups is 3. The van der Waals surface area contributed by atoms with E-state index in [2.05, 4.69) is 16.0 Å². The maximum Gasteiger partial charge on any atom is 0.321 e. The van der Waals surface area contributed by atoms with Crippen LogP contribution in [0.5, 0.6) is 11.5 Å². The first-order valence-corrected chi connectivity index (χ1v) is 17.7. The fourth-order valence-electron chi connectivity index (χ4n) is 6.31. The lowest BCUT2D eigenvalue weighted by atomic mass is 9.96. The van der Waals surface area contributed by atoms with E-state index >= 15 is 0 Å². The fraction of sp³-hybridized carbons (Fsp3) is 0.595. The maximum absolute atomic E-state index is 14.4. The molecule has 12 heteroatoms. The van der Waals surface area contributed by atoms with Crippen LogP contribution in [-0.4, -0.2) is 97.6 Å². The summed E-state index contributed by atoms with van der Waals surface area (Å²) in [6, 6.07) is 11.3. The van der Waals surface area contributed by atoms with Crippen LogP contribution in [0.25, 0.3) is 0 Å². The van der Waals surface area contributed by atoms with Crippen molar-refractivity contribution in [3.63, 3.8) is 0 Å². The van der Waals surface area contributed by atoms with Gasteiger partial charge in [0.1, 0.15) is 11.5 Å². The summed E-state index contributed by atoms with van der Waals surface area (Å²) < 4.78 is 17.9. The number of rotatable bonds is 8. The molecular formula is C37H55N5O7. The quantitative estimate of drug-likeness (QED) is 0.264. The molecule has 0 bridgehead atoms. The molecule has 270 valence electrons. The number of aliphatic hydroxyl groups excluding tert-OH is 1. The number of methoxy groups -OCH3 is 1. The summed E-state index contributed by atoms with van der Waals surface area (Å²) in [5, 5.41) is 19.1. The Morgan fingerprint density at radius 3 is 2.39 bits per heavy atom. The molecule has 4 N–H and O–H groups in total. The normalized spacial score (nSPS) is 21.7. The van der Waals surface area contributed by atoms with Gasteiger partial charge < -0.3 is 45.1 Å². The number of carbonyl (C=O) groups excluding carboxylic acids is 3. The monoisotopic (exact) mass is 681 g/mol. The molecule has 1 heterocycles. The minimum absolute atomic E-state index is 0.141. The SMILES string of the molecule is COc1ccc(NC(=O)N(C)C[C@@H]2OCCCC[C@@H](C)Oc3ccc(NC(=O)NC4CCCCC4)cc3C(=O)N([C@H](C)CO)C[C@H]2C)cc1. The maximum atomic E-state index is 14.4. The highest BCUT2D eigenvalue weighted by Crippen LogP contribution is 2.29. The molecule has 49 heavy (non-hydrogen) atoms. The van der Waals surface area contributed by atoms with E-state index in [-0.39, 0.29) is 55.3 Å². The Hall–Kier alpha value is -4.03. The highest BCUT2D eigenvalue weighted by atomic mass is 16.5. The van der Waals surface area contributed by atoms with Crippen LogP contribution in [0.4, 0.5) is 21.0 Å². The third-order valence-corrected chi connectivity index (χ3v) is 9.39. The summed E-state index contributed by atoms with van der Waals surface area (Å²) in [6.45, 7) is 6.55. The minimum atomic E-state index is -0.518. The van der Waals surface area contributed by atoms with Crippen LogP contribution in [0.2, 0.25) is 0 Å². The number of aliphatic hydroxyl groups is 1. The lowest BCUT2D eigenvalue weighted by Crippen LogP contribution is -2.48. The van der Waals surface area contributed by atoms with E-state index < -0.39 is 6.04 Å². The first kappa shape index (κ1) is 37.8. The second kappa shape index (κ2) is 18.7. The molecular weight excluding hydrogens is 626 g/mol. The van der Waals surface area contributed by atoms with E-state index in [4.69, 9.17) is 14.2 Å². The van der Waals surface area contributed by atoms with Gasteiger partial charge in [0.05, 0.1) is 37.5 Å². The molecule has 1 aliphatic carbocycles. The van der Waals surface area contributed by atoms with Crippen LogP contribution in [0, 0.1) is 5.92 Å². The van der Waals surface area contributed by atoms with Gasteiger partial charge in [-0.2, -0.15) is 0 Å². The van der Waals surface area contributed by atoms with E-state index in [1.54, 1.807) is 73.3 Å². The molecule has 0 spiro atoms. The molecule has 0 aromatic heterocycles. The van der Waals surface area contributed by atoms with Gasteiger partial charge in [0, 0.05) is 50.1 Å². The van der Waals surface area contributed by atoms with Gasteiger partial charge >= 0.3 is 12.1 Å². The van der Waals surface area contributed by atoms with Crippen LogP contribution in [0.3, 0.4) is 0 Å². The van der Waals surface area contributed by atoms with Gasteiger partial charge in [0.15, 0.2) is 0 Å². The zero-order valence-electron chi connectivity index (χ0n) is 29.7. The number of nitrogens with zero attached hydrogens (tertiary/aromatic N) is 2. The molecule has 2 aromatic carbocycles. The summed E-state index contributed by atoms with van der Waals surface area (Å²) in [7, 11) is 3.30. The smallest absolute Gasteiger partial charge is 0.321 e. The number of hydrogen-bond acceptors (Lipinski definition) is 7. The third kappa shape index (κ3) is 11.3. The van der Waals surface area contributed by atoms with Crippen LogP contribution in [0.1, 0.15) is 82.5 Å². The predicted octanol–water partition coefficient (Wildman–Crippen LogP) is 6.11. The van der Waals surface area contributed by atoms with Crippen LogP contribution >= 0.6 is 0 Å². The highest BCUT2D eigenvalue weighted by molar-refractivity contribution is 5.99. The van der Waals surface area contributed by atoms with Crippen molar-refractivity contribution in [1.29, 1.82) is 0 Å². The Labute approximate surface area is 290 Å². The molecule has 0 unspecified atom stereocenters. The van der Waals surface area contributed by atoms with Crippen molar-refractivity contribution in [1.82, 2.24) is 15.1 Å².